The van der Waals surface area contributed by atoms with E-state index in [4.69, 9.17) is 21.7 Å². The highest BCUT2D eigenvalue weighted by molar-refractivity contribution is 7.80. The van der Waals surface area contributed by atoms with Crippen LogP contribution in [0.5, 0.6) is 11.5 Å². The van der Waals surface area contributed by atoms with Crippen LogP contribution in [0.25, 0.3) is 0 Å². The molecule has 0 unspecified atom stereocenters. The van der Waals surface area contributed by atoms with Crippen LogP contribution in [-0.2, 0) is 11.3 Å². The number of esters is 1. The highest BCUT2D eigenvalue weighted by atomic mass is 32.1. The molecule has 0 fully saturated rings. The highest BCUT2D eigenvalue weighted by Crippen LogP contribution is 2.28. The molecule has 1 amide bonds. The van der Waals surface area contributed by atoms with E-state index in [-0.39, 0.29) is 10.7 Å². The standard InChI is InChI=1S/C22H26N2O5S/c1-4-5-11-29-18-10-9-15(12-19(18)27-2)14-23-22(30)24-20(25)16-7-6-8-17(13-16)21(26)28-3/h6-10,12-13H,4-5,11,14H2,1-3H3,(H2,23,24,25,30). The summed E-state index contributed by atoms with van der Waals surface area (Å²) in [4.78, 5) is 24.0. The van der Waals surface area contributed by atoms with Gasteiger partial charge in [0.1, 0.15) is 0 Å². The van der Waals surface area contributed by atoms with Gasteiger partial charge in [-0.1, -0.05) is 25.5 Å². The van der Waals surface area contributed by atoms with Gasteiger partial charge in [-0.05, 0) is 54.5 Å². The van der Waals surface area contributed by atoms with Crippen LogP contribution in [-0.4, -0.2) is 37.8 Å². The lowest BCUT2D eigenvalue weighted by atomic mass is 10.1. The first kappa shape index (κ1) is 23.2. The average molecular weight is 431 g/mol. The molecule has 0 aliphatic heterocycles. The van der Waals surface area contributed by atoms with Crippen LogP contribution in [0.1, 0.15) is 46.0 Å². The minimum atomic E-state index is -0.513. The van der Waals surface area contributed by atoms with E-state index in [0.717, 1.165) is 18.4 Å². The SMILES string of the molecule is CCCCOc1ccc(CNC(=S)NC(=O)c2cccc(C(=O)OC)c2)cc1OC. The molecule has 30 heavy (non-hydrogen) atoms. The van der Waals surface area contributed by atoms with Gasteiger partial charge in [-0.2, -0.15) is 0 Å². The van der Waals surface area contributed by atoms with Crippen LogP contribution in [0.3, 0.4) is 0 Å². The summed E-state index contributed by atoms with van der Waals surface area (Å²) in [5.74, 6) is 0.396. The molecule has 0 aliphatic rings. The number of carbonyl (C=O) groups excluding carboxylic acids is 2. The Morgan fingerprint density at radius 2 is 1.80 bits per heavy atom. The highest BCUT2D eigenvalue weighted by Gasteiger charge is 2.12. The molecule has 0 aromatic heterocycles. The van der Waals surface area contributed by atoms with E-state index < -0.39 is 11.9 Å². The molecule has 2 aromatic rings. The number of hydrogen-bond acceptors (Lipinski definition) is 6. The smallest absolute Gasteiger partial charge is 0.337 e. The Morgan fingerprint density at radius 3 is 2.50 bits per heavy atom. The van der Waals surface area contributed by atoms with Crippen molar-refractivity contribution in [2.75, 3.05) is 20.8 Å². The van der Waals surface area contributed by atoms with Gasteiger partial charge in [0.05, 0.1) is 26.4 Å². The number of hydrogen-bond donors (Lipinski definition) is 2. The Labute approximate surface area is 181 Å². The molecule has 0 atom stereocenters. The van der Waals surface area contributed by atoms with Gasteiger partial charge in [0, 0.05) is 12.1 Å². The van der Waals surface area contributed by atoms with Crippen LogP contribution in [0, 0.1) is 0 Å². The van der Waals surface area contributed by atoms with Gasteiger partial charge in [-0.25, -0.2) is 4.79 Å². The lowest BCUT2D eigenvalue weighted by Crippen LogP contribution is -2.38. The van der Waals surface area contributed by atoms with Crippen molar-refractivity contribution < 1.29 is 23.8 Å². The van der Waals surface area contributed by atoms with Crippen molar-refractivity contribution in [2.24, 2.45) is 0 Å². The van der Waals surface area contributed by atoms with Crippen LogP contribution in [0.4, 0.5) is 0 Å². The Kier molecular flexibility index (Phi) is 9.08. The lowest BCUT2D eigenvalue weighted by molar-refractivity contribution is 0.0600. The number of thiocarbonyl (C=S) groups is 1. The number of amides is 1. The summed E-state index contributed by atoms with van der Waals surface area (Å²) in [6.45, 7) is 3.14. The fraction of sp³-hybridized carbons (Fsp3) is 0.318. The largest absolute Gasteiger partial charge is 0.493 e. The summed E-state index contributed by atoms with van der Waals surface area (Å²) in [6, 6.07) is 11.8. The van der Waals surface area contributed by atoms with Gasteiger partial charge >= 0.3 is 5.97 Å². The van der Waals surface area contributed by atoms with E-state index >= 15 is 0 Å². The summed E-state index contributed by atoms with van der Waals surface area (Å²) in [5.41, 5.74) is 1.51. The summed E-state index contributed by atoms with van der Waals surface area (Å²) >= 11 is 5.20. The Balaban J connectivity index is 1.92. The summed E-state index contributed by atoms with van der Waals surface area (Å²) in [5, 5.41) is 5.75. The number of unbranched alkanes of at least 4 members (excludes halogenated alkanes) is 1. The Morgan fingerprint density at radius 1 is 1.03 bits per heavy atom. The predicted octanol–water partition coefficient (Wildman–Crippen LogP) is 3.47. The normalized spacial score (nSPS) is 10.1. The van der Waals surface area contributed by atoms with Crippen molar-refractivity contribution in [3.8, 4) is 11.5 Å². The average Bonchev–Trinajstić information content (AvgIpc) is 2.77. The molecule has 0 saturated heterocycles. The van der Waals surface area contributed by atoms with Crippen molar-refractivity contribution in [3.63, 3.8) is 0 Å². The van der Waals surface area contributed by atoms with Crippen molar-refractivity contribution in [2.45, 2.75) is 26.3 Å². The third-order valence-electron chi connectivity index (χ3n) is 4.21. The first-order valence-electron chi connectivity index (χ1n) is 9.55. The maximum Gasteiger partial charge on any atom is 0.337 e. The molecule has 0 aliphatic carbocycles. The van der Waals surface area contributed by atoms with E-state index in [1.807, 2.05) is 18.2 Å². The number of carbonyl (C=O) groups is 2. The quantitative estimate of drug-likeness (QED) is 0.358. The Hall–Kier alpha value is -3.13. The molecular weight excluding hydrogens is 404 g/mol. The van der Waals surface area contributed by atoms with Crippen molar-refractivity contribution in [3.05, 3.63) is 59.2 Å². The zero-order valence-corrected chi connectivity index (χ0v) is 18.1. The van der Waals surface area contributed by atoms with Gasteiger partial charge in [-0.15, -0.1) is 0 Å². The van der Waals surface area contributed by atoms with E-state index in [0.29, 0.717) is 30.2 Å². The second kappa shape index (κ2) is 11.8. The van der Waals surface area contributed by atoms with Crippen LogP contribution < -0.4 is 20.1 Å². The fourth-order valence-corrected chi connectivity index (χ4v) is 2.74. The number of methoxy groups -OCH3 is 2. The minimum absolute atomic E-state index is 0.172. The van der Waals surface area contributed by atoms with Crippen molar-refractivity contribution in [1.29, 1.82) is 0 Å². The van der Waals surface area contributed by atoms with Crippen molar-refractivity contribution >= 4 is 29.2 Å². The second-order valence-corrected chi connectivity index (χ2v) is 6.80. The van der Waals surface area contributed by atoms with E-state index in [2.05, 4.69) is 22.3 Å². The zero-order valence-electron chi connectivity index (χ0n) is 17.3. The summed E-state index contributed by atoms with van der Waals surface area (Å²) in [6.07, 6.45) is 2.03. The van der Waals surface area contributed by atoms with Gasteiger partial charge in [0.15, 0.2) is 16.6 Å². The molecule has 0 radical (unpaired) electrons. The van der Waals surface area contributed by atoms with E-state index in [1.165, 1.54) is 13.2 Å². The first-order chi connectivity index (χ1) is 14.5. The number of ether oxygens (including phenoxy) is 3. The van der Waals surface area contributed by atoms with E-state index in [9.17, 15) is 9.59 Å². The number of benzene rings is 2. The van der Waals surface area contributed by atoms with Gasteiger partial charge in [0.2, 0.25) is 0 Å². The third kappa shape index (κ3) is 6.73. The predicted molar refractivity (Wildman–Crippen MR) is 118 cm³/mol. The summed E-state index contributed by atoms with van der Waals surface area (Å²) in [7, 11) is 2.87. The monoisotopic (exact) mass is 430 g/mol. The second-order valence-electron chi connectivity index (χ2n) is 6.40. The van der Waals surface area contributed by atoms with Crippen LogP contribution >= 0.6 is 12.2 Å². The lowest BCUT2D eigenvalue weighted by Gasteiger charge is -2.13. The molecule has 160 valence electrons. The number of nitrogens with one attached hydrogen (secondary N) is 2. The molecule has 8 heteroatoms. The maximum atomic E-state index is 12.4. The Bertz CT molecular complexity index is 901. The molecule has 0 heterocycles. The molecule has 2 rings (SSSR count). The van der Waals surface area contributed by atoms with Crippen LogP contribution in [0.2, 0.25) is 0 Å². The molecule has 0 spiro atoms. The zero-order chi connectivity index (χ0) is 21.9. The van der Waals surface area contributed by atoms with Crippen molar-refractivity contribution in [1.82, 2.24) is 10.6 Å². The third-order valence-corrected chi connectivity index (χ3v) is 4.46. The number of rotatable bonds is 9. The molecule has 7 nitrogen and oxygen atoms in total. The van der Waals surface area contributed by atoms with E-state index in [1.54, 1.807) is 25.3 Å². The van der Waals surface area contributed by atoms with Gasteiger partial charge < -0.3 is 19.5 Å². The van der Waals surface area contributed by atoms with Crippen LogP contribution in [0.15, 0.2) is 42.5 Å². The minimum Gasteiger partial charge on any atom is -0.493 e. The molecule has 2 aromatic carbocycles. The van der Waals surface area contributed by atoms with Gasteiger partial charge in [0.25, 0.3) is 5.91 Å². The van der Waals surface area contributed by atoms with Gasteiger partial charge in [-0.3, -0.25) is 10.1 Å². The molecule has 0 saturated carbocycles. The summed E-state index contributed by atoms with van der Waals surface area (Å²) < 4.78 is 15.8. The molecule has 0 bridgehead atoms. The molecular formula is C22H26N2O5S. The fourth-order valence-electron chi connectivity index (χ4n) is 2.57. The maximum absolute atomic E-state index is 12.4. The molecule has 2 N–H and O–H groups in total. The first-order valence-corrected chi connectivity index (χ1v) is 9.96. The topological polar surface area (TPSA) is 85.9 Å².